The van der Waals surface area contributed by atoms with Crippen molar-refractivity contribution < 1.29 is 46.6 Å². The fourth-order valence-electron chi connectivity index (χ4n) is 5.15. The zero-order valence-electron chi connectivity index (χ0n) is 27.9. The Labute approximate surface area is 264 Å². The summed E-state index contributed by atoms with van der Waals surface area (Å²) < 4.78 is 55.8. The molecule has 0 bridgehead atoms. The Bertz CT molecular complexity index is 1190. The van der Waals surface area contributed by atoms with Crippen molar-refractivity contribution in [3.05, 3.63) is 29.8 Å². The van der Waals surface area contributed by atoms with Crippen LogP contribution in [0.2, 0.25) is 0 Å². The third-order valence-electron chi connectivity index (χ3n) is 6.97. The van der Waals surface area contributed by atoms with Crippen LogP contribution >= 0.6 is 0 Å². The number of hydrogen-bond acceptors (Lipinski definition) is 7. The smallest absolute Gasteiger partial charge is 0.471 e. The van der Waals surface area contributed by atoms with Gasteiger partial charge in [0.25, 0.3) is 0 Å². The van der Waals surface area contributed by atoms with Crippen molar-refractivity contribution in [2.24, 2.45) is 11.3 Å². The second-order valence-corrected chi connectivity index (χ2v) is 14.8. The lowest BCUT2D eigenvalue weighted by atomic mass is 9.76. The second kappa shape index (κ2) is 14.4. The first kappa shape index (κ1) is 37.9. The molecule has 1 aliphatic rings. The van der Waals surface area contributed by atoms with Crippen LogP contribution in [0.25, 0.3) is 0 Å². The van der Waals surface area contributed by atoms with Gasteiger partial charge in [0.1, 0.15) is 28.6 Å². The lowest BCUT2D eigenvalue weighted by Gasteiger charge is -2.34. The molecule has 0 heterocycles. The van der Waals surface area contributed by atoms with Crippen LogP contribution in [0, 0.1) is 11.3 Å². The monoisotopic (exact) mass is 642 g/mol. The number of nitrogens with one attached hydrogen (secondary N) is 2. The first-order chi connectivity index (χ1) is 20.4. The first-order valence-corrected chi connectivity index (χ1v) is 15.3. The molecule has 1 unspecified atom stereocenters. The number of benzene rings is 1. The number of ether oxygens (including phenoxy) is 3. The summed E-state index contributed by atoms with van der Waals surface area (Å²) in [5.74, 6) is -4.79. The van der Waals surface area contributed by atoms with Crippen LogP contribution in [0.4, 0.5) is 13.2 Å². The summed E-state index contributed by atoms with van der Waals surface area (Å²) in [5.41, 5.74) is -2.65. The topological polar surface area (TPSA) is 120 Å². The molecular weight excluding hydrogens is 593 g/mol. The molecular formula is C33H49F3N2O7. The molecule has 2 amide bonds. The molecule has 1 aliphatic carbocycles. The first-order valence-electron chi connectivity index (χ1n) is 15.3. The number of hydrogen-bond donors (Lipinski definition) is 2. The van der Waals surface area contributed by atoms with E-state index in [1.165, 1.54) is 0 Å². The summed E-state index contributed by atoms with van der Waals surface area (Å²) in [4.78, 5) is 52.1. The average molecular weight is 643 g/mol. The molecule has 0 aromatic heterocycles. The highest BCUT2D eigenvalue weighted by molar-refractivity contribution is 5.89. The summed E-state index contributed by atoms with van der Waals surface area (Å²) in [7, 11) is 0. The Hall–Kier alpha value is -3.31. The summed E-state index contributed by atoms with van der Waals surface area (Å²) in [6.45, 7) is 15.1. The van der Waals surface area contributed by atoms with E-state index >= 15 is 0 Å². The molecule has 1 aromatic rings. The summed E-state index contributed by atoms with van der Waals surface area (Å²) in [6, 6.07) is 6.03. The van der Waals surface area contributed by atoms with Crippen molar-refractivity contribution in [2.45, 2.75) is 130 Å². The van der Waals surface area contributed by atoms with Crippen LogP contribution in [-0.2, 0) is 35.1 Å². The van der Waals surface area contributed by atoms with E-state index in [2.05, 4.69) is 5.32 Å². The van der Waals surface area contributed by atoms with Crippen LogP contribution in [-0.4, -0.2) is 59.3 Å². The molecule has 0 aliphatic heterocycles. The van der Waals surface area contributed by atoms with Gasteiger partial charge < -0.3 is 24.8 Å². The third-order valence-corrected chi connectivity index (χ3v) is 6.97. The van der Waals surface area contributed by atoms with E-state index in [-0.39, 0.29) is 12.8 Å². The van der Waals surface area contributed by atoms with Gasteiger partial charge in [-0.1, -0.05) is 25.0 Å². The van der Waals surface area contributed by atoms with E-state index in [0.29, 0.717) is 31.4 Å². The molecule has 0 saturated heterocycles. The van der Waals surface area contributed by atoms with E-state index < -0.39 is 70.7 Å². The van der Waals surface area contributed by atoms with E-state index in [9.17, 15) is 32.3 Å². The number of amides is 2. The van der Waals surface area contributed by atoms with Gasteiger partial charge in [-0.3, -0.25) is 14.4 Å². The zero-order chi connectivity index (χ0) is 34.4. The van der Waals surface area contributed by atoms with Crippen LogP contribution in [0.3, 0.4) is 0 Å². The standard InChI is InChI=1S/C33H49F3N2O7/c1-29(2,3)43-23-14-12-21(13-15-23)18-24(26(40)45-31(7,8)9)38-27(41)32(16-10-11-17-32)19-22(25(39)44-30(4,5)6)20-37-28(42)33(34,35)36/h12-15,22,24H,10-11,16-20H2,1-9H3,(H,37,42)(H,38,41)/t22?,24-/m0/s1. The van der Waals surface area contributed by atoms with Crippen molar-refractivity contribution in [3.8, 4) is 5.75 Å². The fourth-order valence-corrected chi connectivity index (χ4v) is 5.15. The number of halogens is 3. The Morgan fingerprint density at radius 3 is 1.78 bits per heavy atom. The number of carbonyl (C=O) groups is 4. The van der Waals surface area contributed by atoms with Gasteiger partial charge in [0.2, 0.25) is 5.91 Å². The average Bonchev–Trinajstić information content (AvgIpc) is 3.33. The highest BCUT2D eigenvalue weighted by atomic mass is 19.4. The van der Waals surface area contributed by atoms with Gasteiger partial charge in [-0.15, -0.1) is 0 Å². The van der Waals surface area contributed by atoms with Crippen LogP contribution in [0.1, 0.15) is 100.0 Å². The SMILES string of the molecule is CC(C)(C)OC(=O)C(CNC(=O)C(F)(F)F)CC1(C(=O)N[C@@H](Cc2ccc(OC(C)(C)C)cc2)C(=O)OC(C)(C)C)CCCC1. The number of carbonyl (C=O) groups excluding carboxylic acids is 4. The molecule has 254 valence electrons. The molecule has 1 aromatic carbocycles. The van der Waals surface area contributed by atoms with Crippen LogP contribution in [0.5, 0.6) is 5.75 Å². The molecule has 9 nitrogen and oxygen atoms in total. The zero-order valence-corrected chi connectivity index (χ0v) is 27.9. The quantitative estimate of drug-likeness (QED) is 0.292. The molecule has 12 heteroatoms. The van der Waals surface area contributed by atoms with Crippen molar-refractivity contribution in [1.82, 2.24) is 10.6 Å². The van der Waals surface area contributed by atoms with Crippen LogP contribution < -0.4 is 15.4 Å². The summed E-state index contributed by atoms with van der Waals surface area (Å²) in [5, 5.41) is 4.62. The van der Waals surface area contributed by atoms with Gasteiger partial charge in [-0.05, 0) is 99.3 Å². The molecule has 1 fully saturated rings. The van der Waals surface area contributed by atoms with Gasteiger partial charge in [-0.2, -0.15) is 13.2 Å². The van der Waals surface area contributed by atoms with Gasteiger partial charge in [-0.25, -0.2) is 4.79 Å². The highest BCUT2D eigenvalue weighted by Crippen LogP contribution is 2.44. The molecule has 2 N–H and O–H groups in total. The Balaban J connectivity index is 2.36. The van der Waals surface area contributed by atoms with Crippen molar-refractivity contribution in [3.63, 3.8) is 0 Å². The fraction of sp³-hybridized carbons (Fsp3) is 0.697. The number of alkyl halides is 3. The minimum absolute atomic E-state index is 0.101. The summed E-state index contributed by atoms with van der Waals surface area (Å²) in [6.07, 6.45) is -3.27. The maximum absolute atomic E-state index is 14.0. The van der Waals surface area contributed by atoms with Gasteiger partial charge in [0.15, 0.2) is 0 Å². The largest absolute Gasteiger partial charge is 0.488 e. The second-order valence-electron chi connectivity index (χ2n) is 14.8. The highest BCUT2D eigenvalue weighted by Gasteiger charge is 2.47. The predicted octanol–water partition coefficient (Wildman–Crippen LogP) is 5.82. The minimum Gasteiger partial charge on any atom is -0.488 e. The lowest BCUT2D eigenvalue weighted by molar-refractivity contribution is -0.174. The summed E-state index contributed by atoms with van der Waals surface area (Å²) >= 11 is 0. The Morgan fingerprint density at radius 2 is 1.31 bits per heavy atom. The van der Waals surface area contributed by atoms with E-state index in [4.69, 9.17) is 14.2 Å². The normalized spacial score (nSPS) is 16.7. The van der Waals surface area contributed by atoms with Crippen molar-refractivity contribution >= 4 is 23.8 Å². The molecule has 0 radical (unpaired) electrons. The van der Waals surface area contributed by atoms with Gasteiger partial charge in [0.05, 0.1) is 11.3 Å². The number of rotatable bonds is 11. The van der Waals surface area contributed by atoms with Crippen molar-refractivity contribution in [2.75, 3.05) is 6.54 Å². The van der Waals surface area contributed by atoms with Crippen LogP contribution in [0.15, 0.2) is 24.3 Å². The predicted molar refractivity (Wildman–Crippen MR) is 162 cm³/mol. The molecule has 2 atom stereocenters. The molecule has 45 heavy (non-hydrogen) atoms. The van der Waals surface area contributed by atoms with Gasteiger partial charge in [0, 0.05) is 13.0 Å². The van der Waals surface area contributed by atoms with E-state index in [1.54, 1.807) is 71.1 Å². The molecule has 0 spiro atoms. The Kier molecular flexibility index (Phi) is 12.1. The van der Waals surface area contributed by atoms with E-state index in [1.807, 2.05) is 20.8 Å². The van der Waals surface area contributed by atoms with Crippen molar-refractivity contribution in [1.29, 1.82) is 0 Å². The molecule has 2 rings (SSSR count). The lowest BCUT2D eigenvalue weighted by Crippen LogP contribution is -2.52. The number of esters is 2. The molecule has 1 saturated carbocycles. The van der Waals surface area contributed by atoms with E-state index in [0.717, 1.165) is 5.56 Å². The van der Waals surface area contributed by atoms with Gasteiger partial charge >= 0.3 is 24.0 Å². The third kappa shape index (κ3) is 12.9. The minimum atomic E-state index is -5.14. The Morgan fingerprint density at radius 1 is 0.800 bits per heavy atom. The maximum atomic E-state index is 14.0. The maximum Gasteiger partial charge on any atom is 0.471 e.